The quantitative estimate of drug-likeness (QED) is 0.803. The van der Waals surface area contributed by atoms with Gasteiger partial charge in [-0.2, -0.15) is 0 Å². The van der Waals surface area contributed by atoms with Gasteiger partial charge in [0.25, 0.3) is 0 Å². The lowest BCUT2D eigenvalue weighted by molar-refractivity contribution is 0.149. The van der Waals surface area contributed by atoms with Crippen LogP contribution in [0.2, 0.25) is 0 Å². The molecule has 1 saturated carbocycles. The molecule has 1 aromatic rings. The van der Waals surface area contributed by atoms with Crippen molar-refractivity contribution in [3.8, 4) is 5.75 Å². The molecule has 0 aliphatic heterocycles. The Balaban J connectivity index is 2.35. The summed E-state index contributed by atoms with van der Waals surface area (Å²) in [6, 6.07) is 4.64. The monoisotopic (exact) mass is 196 g/mol. The Hall–Kier alpha value is -1.09. The molecule has 0 amide bonds. The lowest BCUT2D eigenvalue weighted by Crippen LogP contribution is -2.03. The molecule has 0 aromatic heterocycles. The fourth-order valence-corrected chi connectivity index (χ4v) is 1.64. The maximum atomic E-state index is 13.3. The van der Waals surface area contributed by atoms with Crippen LogP contribution in [-0.4, -0.2) is 12.2 Å². The summed E-state index contributed by atoms with van der Waals surface area (Å²) in [6.45, 7) is 0. The number of hydrogen-bond acceptors (Lipinski definition) is 2. The molecule has 0 heterocycles. The van der Waals surface area contributed by atoms with Crippen LogP contribution in [0.25, 0.3) is 0 Å². The van der Waals surface area contributed by atoms with Crippen LogP contribution in [0.15, 0.2) is 18.2 Å². The number of aliphatic hydroxyl groups is 1. The first-order valence-electron chi connectivity index (χ1n) is 4.74. The van der Waals surface area contributed by atoms with E-state index in [1.165, 1.54) is 13.2 Å². The number of aliphatic hydroxyl groups excluding tert-OH is 1. The maximum absolute atomic E-state index is 13.3. The molecule has 1 aliphatic rings. The van der Waals surface area contributed by atoms with E-state index < -0.39 is 11.9 Å². The summed E-state index contributed by atoms with van der Waals surface area (Å²) in [7, 11) is 1.42. The first kappa shape index (κ1) is 9.46. The van der Waals surface area contributed by atoms with Gasteiger partial charge in [0.05, 0.1) is 13.2 Å². The van der Waals surface area contributed by atoms with Gasteiger partial charge < -0.3 is 9.84 Å². The molecule has 2 nitrogen and oxygen atoms in total. The first-order chi connectivity index (χ1) is 6.74. The summed E-state index contributed by atoms with van der Waals surface area (Å²) >= 11 is 0. The highest BCUT2D eigenvalue weighted by Gasteiger charge is 2.32. The molecule has 0 spiro atoms. The van der Waals surface area contributed by atoms with Gasteiger partial charge >= 0.3 is 0 Å². The number of ether oxygens (including phenoxy) is 1. The number of methoxy groups -OCH3 is 1. The second-order valence-electron chi connectivity index (χ2n) is 3.64. The van der Waals surface area contributed by atoms with Crippen LogP contribution in [-0.2, 0) is 0 Å². The van der Waals surface area contributed by atoms with Crippen LogP contribution >= 0.6 is 0 Å². The zero-order valence-corrected chi connectivity index (χ0v) is 8.03. The lowest BCUT2D eigenvalue weighted by Gasteiger charge is -2.14. The predicted molar refractivity (Wildman–Crippen MR) is 50.6 cm³/mol. The van der Waals surface area contributed by atoms with Gasteiger partial charge in [-0.25, -0.2) is 4.39 Å². The van der Waals surface area contributed by atoms with Gasteiger partial charge in [-0.05, 0) is 24.8 Å². The average molecular weight is 196 g/mol. The zero-order chi connectivity index (χ0) is 10.1. The molecule has 1 fully saturated rings. The molecule has 76 valence electrons. The molecule has 1 aliphatic carbocycles. The molecular weight excluding hydrogens is 183 g/mol. The van der Waals surface area contributed by atoms with Crippen LogP contribution in [0.1, 0.15) is 24.5 Å². The fraction of sp³-hybridized carbons (Fsp3) is 0.455. The number of rotatable bonds is 3. The van der Waals surface area contributed by atoms with Crippen molar-refractivity contribution in [2.45, 2.75) is 18.9 Å². The molecule has 2 rings (SSSR count). The molecule has 14 heavy (non-hydrogen) atoms. The van der Waals surface area contributed by atoms with Crippen molar-refractivity contribution in [3.05, 3.63) is 29.6 Å². The van der Waals surface area contributed by atoms with Gasteiger partial charge in [-0.15, -0.1) is 0 Å². The van der Waals surface area contributed by atoms with Crippen LogP contribution in [0.4, 0.5) is 4.39 Å². The second-order valence-corrected chi connectivity index (χ2v) is 3.64. The summed E-state index contributed by atoms with van der Waals surface area (Å²) in [5, 5.41) is 9.85. The van der Waals surface area contributed by atoms with Gasteiger partial charge in [-0.3, -0.25) is 0 Å². The Morgan fingerprint density at radius 1 is 1.50 bits per heavy atom. The van der Waals surface area contributed by atoms with E-state index in [0.29, 0.717) is 5.56 Å². The Labute approximate surface area is 82.3 Å². The Bertz CT molecular complexity index is 334. The maximum Gasteiger partial charge on any atom is 0.165 e. The second kappa shape index (κ2) is 3.58. The summed E-state index contributed by atoms with van der Waals surface area (Å²) < 4.78 is 18.2. The minimum absolute atomic E-state index is 0.173. The van der Waals surface area contributed by atoms with Gasteiger partial charge in [0.1, 0.15) is 0 Å². The Morgan fingerprint density at radius 2 is 2.21 bits per heavy atom. The fourth-order valence-electron chi connectivity index (χ4n) is 1.64. The van der Waals surface area contributed by atoms with Crippen molar-refractivity contribution in [1.29, 1.82) is 0 Å². The average Bonchev–Trinajstić information content (AvgIpc) is 2.99. The van der Waals surface area contributed by atoms with E-state index in [2.05, 4.69) is 0 Å². The highest BCUT2D eigenvalue weighted by atomic mass is 19.1. The van der Waals surface area contributed by atoms with E-state index in [0.717, 1.165) is 12.8 Å². The SMILES string of the molecule is COc1c(F)cccc1C(O)C1CC1. The standard InChI is InChI=1S/C11H13FO2/c1-14-11-8(3-2-4-9(11)12)10(13)7-5-6-7/h2-4,7,10,13H,5-6H2,1H3. The van der Waals surface area contributed by atoms with Gasteiger partial charge in [-0.1, -0.05) is 12.1 Å². The van der Waals surface area contributed by atoms with Crippen molar-refractivity contribution in [1.82, 2.24) is 0 Å². The van der Waals surface area contributed by atoms with E-state index in [9.17, 15) is 9.50 Å². The molecule has 0 saturated heterocycles. The van der Waals surface area contributed by atoms with E-state index in [1.807, 2.05) is 0 Å². The third-order valence-corrected chi connectivity index (χ3v) is 2.59. The number of benzene rings is 1. The molecule has 0 radical (unpaired) electrons. The normalized spacial score (nSPS) is 17.9. The van der Waals surface area contributed by atoms with Gasteiger partial charge in [0, 0.05) is 5.56 Å². The third-order valence-electron chi connectivity index (χ3n) is 2.59. The highest BCUT2D eigenvalue weighted by molar-refractivity contribution is 5.37. The molecule has 1 N–H and O–H groups in total. The number of para-hydroxylation sites is 1. The molecule has 1 unspecified atom stereocenters. The molecule has 3 heteroatoms. The van der Waals surface area contributed by atoms with Crippen molar-refractivity contribution in [2.75, 3.05) is 7.11 Å². The predicted octanol–water partition coefficient (Wildman–Crippen LogP) is 2.28. The van der Waals surface area contributed by atoms with Crippen molar-refractivity contribution in [3.63, 3.8) is 0 Å². The van der Waals surface area contributed by atoms with Gasteiger partial charge in [0.2, 0.25) is 0 Å². The smallest absolute Gasteiger partial charge is 0.165 e. The van der Waals surface area contributed by atoms with E-state index in [1.54, 1.807) is 12.1 Å². The minimum atomic E-state index is -0.583. The van der Waals surface area contributed by atoms with Crippen LogP contribution < -0.4 is 4.74 Å². The largest absolute Gasteiger partial charge is 0.493 e. The third kappa shape index (κ3) is 1.60. The molecule has 0 bridgehead atoms. The Morgan fingerprint density at radius 3 is 2.79 bits per heavy atom. The van der Waals surface area contributed by atoms with E-state index in [-0.39, 0.29) is 11.7 Å². The van der Waals surface area contributed by atoms with E-state index in [4.69, 9.17) is 4.74 Å². The van der Waals surface area contributed by atoms with Crippen molar-refractivity contribution in [2.24, 2.45) is 5.92 Å². The summed E-state index contributed by atoms with van der Waals surface area (Å²) in [6.07, 6.45) is 1.45. The molecular formula is C11H13FO2. The van der Waals surface area contributed by atoms with Crippen LogP contribution in [0, 0.1) is 11.7 Å². The van der Waals surface area contributed by atoms with Crippen LogP contribution in [0.5, 0.6) is 5.75 Å². The zero-order valence-electron chi connectivity index (χ0n) is 8.03. The summed E-state index contributed by atoms with van der Waals surface area (Å²) in [5.74, 6) is 0.0438. The Kier molecular flexibility index (Phi) is 2.42. The van der Waals surface area contributed by atoms with Crippen molar-refractivity contribution >= 4 is 0 Å². The lowest BCUT2D eigenvalue weighted by atomic mass is 10.0. The first-order valence-corrected chi connectivity index (χ1v) is 4.74. The minimum Gasteiger partial charge on any atom is -0.493 e. The van der Waals surface area contributed by atoms with Gasteiger partial charge in [0.15, 0.2) is 11.6 Å². The molecule has 1 atom stereocenters. The number of hydrogen-bond donors (Lipinski definition) is 1. The molecule has 1 aromatic carbocycles. The number of halogens is 1. The summed E-state index contributed by atoms with van der Waals surface area (Å²) in [4.78, 5) is 0. The van der Waals surface area contributed by atoms with E-state index >= 15 is 0 Å². The summed E-state index contributed by atoms with van der Waals surface area (Å²) in [5.41, 5.74) is 0.565. The van der Waals surface area contributed by atoms with Crippen molar-refractivity contribution < 1.29 is 14.2 Å². The highest BCUT2D eigenvalue weighted by Crippen LogP contribution is 2.43. The van der Waals surface area contributed by atoms with Crippen LogP contribution in [0.3, 0.4) is 0 Å². The topological polar surface area (TPSA) is 29.5 Å².